The minimum Gasteiger partial charge on any atom is -0.374 e. The van der Waals surface area contributed by atoms with Gasteiger partial charge in [-0.1, -0.05) is 0 Å². The Morgan fingerprint density at radius 1 is 1.26 bits per heavy atom. The average Bonchev–Trinajstić information content (AvgIpc) is 2.34. The third-order valence-electron chi connectivity index (χ3n) is 2.45. The van der Waals surface area contributed by atoms with Crippen LogP contribution in [0.3, 0.4) is 0 Å². The molecule has 1 aromatic carbocycles. The molecular formula is C11H11F3N2O2S. The van der Waals surface area contributed by atoms with Crippen molar-refractivity contribution in [1.82, 2.24) is 0 Å². The second-order valence-corrected chi connectivity index (χ2v) is 5.71. The van der Waals surface area contributed by atoms with E-state index in [0.29, 0.717) is 12.2 Å². The molecule has 0 N–H and O–H groups in total. The quantitative estimate of drug-likeness (QED) is 0.854. The van der Waals surface area contributed by atoms with Gasteiger partial charge in [0.1, 0.15) is 0 Å². The summed E-state index contributed by atoms with van der Waals surface area (Å²) < 4.78 is 59.2. The van der Waals surface area contributed by atoms with Gasteiger partial charge in [0.05, 0.1) is 17.4 Å². The summed E-state index contributed by atoms with van der Waals surface area (Å²) in [5, 5.41) is 8.42. The summed E-state index contributed by atoms with van der Waals surface area (Å²) in [5.74, 6) is 0. The maximum atomic E-state index is 12.3. The lowest BCUT2D eigenvalue weighted by molar-refractivity contribution is -0.0436. The first-order valence-corrected chi connectivity index (χ1v) is 6.68. The van der Waals surface area contributed by atoms with E-state index in [1.807, 2.05) is 6.07 Å². The van der Waals surface area contributed by atoms with E-state index >= 15 is 0 Å². The molecule has 0 saturated carbocycles. The normalized spacial score (nSPS) is 11.9. The highest BCUT2D eigenvalue weighted by Gasteiger charge is 2.46. The van der Waals surface area contributed by atoms with Crippen LogP contribution in [0.5, 0.6) is 0 Å². The van der Waals surface area contributed by atoms with Crippen molar-refractivity contribution in [1.29, 1.82) is 5.26 Å². The third kappa shape index (κ3) is 3.38. The number of halogens is 3. The van der Waals surface area contributed by atoms with E-state index in [4.69, 9.17) is 5.26 Å². The number of hydrogen-bond acceptors (Lipinski definition) is 4. The van der Waals surface area contributed by atoms with Crippen LogP contribution in [0.4, 0.5) is 18.9 Å². The van der Waals surface area contributed by atoms with E-state index < -0.39 is 20.2 Å². The summed E-state index contributed by atoms with van der Waals surface area (Å²) in [6.45, 7) is 0.405. The van der Waals surface area contributed by atoms with Gasteiger partial charge in [-0.15, -0.1) is 0 Å². The average molecular weight is 292 g/mol. The van der Waals surface area contributed by atoms with Crippen LogP contribution >= 0.6 is 0 Å². The molecule has 0 amide bonds. The number of sulfone groups is 1. The lowest BCUT2D eigenvalue weighted by Gasteiger charge is -2.18. The molecule has 1 aromatic rings. The van der Waals surface area contributed by atoms with Crippen LogP contribution in [-0.4, -0.2) is 27.5 Å². The van der Waals surface area contributed by atoms with E-state index in [0.717, 1.165) is 12.1 Å². The van der Waals surface area contributed by atoms with Crippen molar-refractivity contribution in [2.45, 2.75) is 16.8 Å². The van der Waals surface area contributed by atoms with Crippen LogP contribution in [0.25, 0.3) is 0 Å². The van der Waals surface area contributed by atoms with Gasteiger partial charge >= 0.3 is 5.51 Å². The predicted octanol–water partition coefficient (Wildman–Crippen LogP) is 2.33. The number of alkyl halides is 3. The Labute approximate surface area is 109 Å². The second-order valence-electron chi connectivity index (χ2n) is 3.77. The molecule has 0 bridgehead atoms. The minimum absolute atomic E-state index is 0.263. The second kappa shape index (κ2) is 5.48. The highest BCUT2D eigenvalue weighted by Crippen LogP contribution is 2.30. The van der Waals surface area contributed by atoms with Gasteiger partial charge in [-0.3, -0.25) is 0 Å². The van der Waals surface area contributed by atoms with E-state index in [1.165, 1.54) is 12.1 Å². The number of rotatable bonds is 4. The molecule has 0 aliphatic heterocycles. The van der Waals surface area contributed by atoms with Gasteiger partial charge in [0.15, 0.2) is 0 Å². The standard InChI is InChI=1S/C11H11F3N2O2S/c1-16(8-2-7-15)9-3-5-10(6-4-9)19(17,18)11(12,13)14/h3-6H,2,8H2,1H3. The van der Waals surface area contributed by atoms with E-state index in [9.17, 15) is 21.6 Å². The van der Waals surface area contributed by atoms with Gasteiger partial charge in [-0.2, -0.15) is 18.4 Å². The van der Waals surface area contributed by atoms with Crippen molar-refractivity contribution in [3.05, 3.63) is 24.3 Å². The van der Waals surface area contributed by atoms with E-state index in [2.05, 4.69) is 0 Å². The topological polar surface area (TPSA) is 61.2 Å². The molecule has 0 aliphatic carbocycles. The van der Waals surface area contributed by atoms with Crippen molar-refractivity contribution in [2.75, 3.05) is 18.5 Å². The Balaban J connectivity index is 2.98. The molecule has 0 aliphatic rings. The zero-order chi connectivity index (χ0) is 14.7. The van der Waals surface area contributed by atoms with Gasteiger partial charge in [-0.05, 0) is 24.3 Å². The molecule has 0 unspecified atom stereocenters. The highest BCUT2D eigenvalue weighted by molar-refractivity contribution is 7.92. The summed E-state index contributed by atoms with van der Waals surface area (Å²) in [5.41, 5.74) is -4.77. The van der Waals surface area contributed by atoms with Crippen LogP contribution in [0.2, 0.25) is 0 Å². The third-order valence-corrected chi connectivity index (χ3v) is 3.95. The Morgan fingerprint density at radius 2 is 1.79 bits per heavy atom. The number of nitrogens with zero attached hydrogens (tertiary/aromatic N) is 2. The Bertz CT molecular complexity index is 573. The SMILES string of the molecule is CN(CCC#N)c1ccc(S(=O)(=O)C(F)(F)F)cc1. The fourth-order valence-electron chi connectivity index (χ4n) is 1.36. The van der Waals surface area contributed by atoms with Crippen LogP contribution in [-0.2, 0) is 9.84 Å². The molecule has 19 heavy (non-hydrogen) atoms. The molecule has 1 rings (SSSR count). The fraction of sp³-hybridized carbons (Fsp3) is 0.364. The van der Waals surface area contributed by atoms with Gasteiger partial charge in [0.25, 0.3) is 9.84 Å². The predicted molar refractivity (Wildman–Crippen MR) is 63.2 cm³/mol. The molecule has 0 radical (unpaired) electrons. The summed E-state index contributed by atoms with van der Waals surface area (Å²) in [6, 6.07) is 6.29. The summed E-state index contributed by atoms with van der Waals surface area (Å²) in [7, 11) is -3.65. The smallest absolute Gasteiger partial charge is 0.374 e. The van der Waals surface area contributed by atoms with Crippen molar-refractivity contribution < 1.29 is 21.6 Å². The van der Waals surface area contributed by atoms with Gasteiger partial charge < -0.3 is 4.90 Å². The first kappa shape index (κ1) is 15.3. The van der Waals surface area contributed by atoms with Crippen LogP contribution in [0.15, 0.2) is 29.2 Å². The molecule has 0 spiro atoms. The van der Waals surface area contributed by atoms with Crippen LogP contribution in [0, 0.1) is 11.3 Å². The van der Waals surface area contributed by atoms with Crippen molar-refractivity contribution >= 4 is 15.5 Å². The summed E-state index contributed by atoms with van der Waals surface area (Å²) in [6.07, 6.45) is 0.263. The first-order chi connectivity index (χ1) is 8.70. The van der Waals surface area contributed by atoms with E-state index in [1.54, 1.807) is 11.9 Å². The van der Waals surface area contributed by atoms with Crippen LogP contribution < -0.4 is 4.90 Å². The van der Waals surface area contributed by atoms with Crippen LogP contribution in [0.1, 0.15) is 6.42 Å². The van der Waals surface area contributed by atoms with Gasteiger partial charge in [-0.25, -0.2) is 8.42 Å². The zero-order valence-electron chi connectivity index (χ0n) is 9.98. The molecular weight excluding hydrogens is 281 g/mol. The Morgan fingerprint density at radius 3 is 2.21 bits per heavy atom. The molecule has 0 heterocycles. The lowest BCUT2D eigenvalue weighted by atomic mass is 10.3. The largest absolute Gasteiger partial charge is 0.501 e. The maximum Gasteiger partial charge on any atom is 0.501 e. The van der Waals surface area contributed by atoms with E-state index in [-0.39, 0.29) is 6.42 Å². The van der Waals surface area contributed by atoms with Crippen molar-refractivity contribution in [3.8, 4) is 6.07 Å². The molecule has 0 saturated heterocycles. The summed E-state index contributed by atoms with van der Waals surface area (Å²) >= 11 is 0. The number of benzene rings is 1. The maximum absolute atomic E-state index is 12.3. The van der Waals surface area contributed by atoms with Crippen molar-refractivity contribution in [3.63, 3.8) is 0 Å². The molecule has 4 nitrogen and oxygen atoms in total. The number of hydrogen-bond donors (Lipinski definition) is 0. The monoisotopic (exact) mass is 292 g/mol. The summed E-state index contributed by atoms with van der Waals surface area (Å²) in [4.78, 5) is 0.852. The molecule has 8 heteroatoms. The molecule has 0 fully saturated rings. The number of nitriles is 1. The van der Waals surface area contributed by atoms with Crippen molar-refractivity contribution in [2.24, 2.45) is 0 Å². The molecule has 0 aromatic heterocycles. The minimum atomic E-state index is -5.31. The first-order valence-electron chi connectivity index (χ1n) is 5.19. The fourth-order valence-corrected chi connectivity index (χ4v) is 2.12. The van der Waals surface area contributed by atoms with Gasteiger partial charge in [0, 0.05) is 19.3 Å². The zero-order valence-corrected chi connectivity index (χ0v) is 10.8. The Kier molecular flexibility index (Phi) is 4.42. The highest BCUT2D eigenvalue weighted by atomic mass is 32.2. The number of anilines is 1. The Hall–Kier alpha value is -1.75. The molecule has 104 valence electrons. The van der Waals surface area contributed by atoms with Gasteiger partial charge in [0.2, 0.25) is 0 Å². The molecule has 0 atom stereocenters. The lowest BCUT2D eigenvalue weighted by Crippen LogP contribution is -2.23.